The number of benzene rings is 2. The second kappa shape index (κ2) is 5.67. The number of methoxy groups -OCH3 is 2. The smallest absolute Gasteiger partial charge is 0.231 e. The fourth-order valence-corrected chi connectivity index (χ4v) is 4.16. The van der Waals surface area contributed by atoms with Crippen molar-refractivity contribution in [3.05, 3.63) is 46.5 Å². The van der Waals surface area contributed by atoms with Crippen LogP contribution in [0, 0.1) is 0 Å². The molecule has 0 atom stereocenters. The first-order chi connectivity index (χ1) is 13.1. The van der Waals surface area contributed by atoms with E-state index in [1.165, 1.54) is 0 Å². The minimum absolute atomic E-state index is 0.000481. The molecule has 0 saturated carbocycles. The van der Waals surface area contributed by atoms with Gasteiger partial charge in [0.15, 0.2) is 28.8 Å². The molecule has 0 unspecified atom stereocenters. The Bertz CT molecular complexity index is 1020. The first-order valence-electron chi connectivity index (χ1n) is 8.82. The van der Waals surface area contributed by atoms with Crippen LogP contribution in [0.3, 0.4) is 0 Å². The van der Waals surface area contributed by atoms with Crippen LogP contribution in [-0.2, 0) is 6.42 Å². The molecule has 0 bridgehead atoms. The Balaban J connectivity index is 1.81. The van der Waals surface area contributed by atoms with E-state index in [-0.39, 0.29) is 12.6 Å². The number of Topliss-reactive ketones (excluding diaryl/α,β-unsaturated/α-hetero) is 1. The number of carbonyl (C=O) groups excluding carboxylic acids is 1. The van der Waals surface area contributed by atoms with Gasteiger partial charge in [-0.25, -0.2) is 0 Å². The number of ether oxygens (including phenoxy) is 4. The van der Waals surface area contributed by atoms with Crippen LogP contribution in [0.15, 0.2) is 24.3 Å². The third kappa shape index (κ3) is 2.10. The van der Waals surface area contributed by atoms with Gasteiger partial charge in [-0.2, -0.15) is 0 Å². The minimum atomic E-state index is 0.000481. The quantitative estimate of drug-likeness (QED) is 0.816. The van der Waals surface area contributed by atoms with Gasteiger partial charge >= 0.3 is 0 Å². The number of hydrogen-bond acceptors (Lipinski definition) is 6. The second-order valence-corrected chi connectivity index (χ2v) is 6.81. The van der Waals surface area contributed by atoms with Gasteiger partial charge < -0.3 is 23.8 Å². The fourth-order valence-electron chi connectivity index (χ4n) is 4.16. The maximum absolute atomic E-state index is 13.4. The molecule has 0 N–H and O–H groups in total. The fraction of sp³-hybridized carbons (Fsp3) is 0.286. The summed E-state index contributed by atoms with van der Waals surface area (Å²) in [6, 6.07) is 7.51. The third-order valence-corrected chi connectivity index (χ3v) is 5.46. The van der Waals surface area contributed by atoms with Crippen LogP contribution in [0.1, 0.15) is 27.0 Å². The molecule has 1 aliphatic carbocycles. The SMILES string of the molecule is COc1cc2c(cc1OC)C1=C(c3c(ccc4c3OCO4)C1=O)N(C)CC2. The Labute approximate surface area is 156 Å². The van der Waals surface area contributed by atoms with Gasteiger partial charge in [-0.1, -0.05) is 0 Å². The van der Waals surface area contributed by atoms with Crippen LogP contribution in [0.25, 0.3) is 11.3 Å². The molecule has 0 radical (unpaired) electrons. The van der Waals surface area contributed by atoms with Crippen LogP contribution in [-0.4, -0.2) is 45.3 Å². The molecule has 0 saturated heterocycles. The van der Waals surface area contributed by atoms with Gasteiger partial charge in [0.1, 0.15) is 0 Å². The molecule has 2 aromatic carbocycles. The number of carbonyl (C=O) groups is 1. The Kier molecular flexibility index (Phi) is 3.37. The molecule has 6 nitrogen and oxygen atoms in total. The number of fused-ring (bicyclic) bond motifs is 6. The summed E-state index contributed by atoms with van der Waals surface area (Å²) in [4.78, 5) is 15.5. The lowest BCUT2D eigenvalue weighted by Gasteiger charge is -2.21. The summed E-state index contributed by atoms with van der Waals surface area (Å²) in [5, 5.41) is 0. The van der Waals surface area contributed by atoms with E-state index in [9.17, 15) is 4.79 Å². The summed E-state index contributed by atoms with van der Waals surface area (Å²) in [5.41, 5.74) is 5.02. The van der Waals surface area contributed by atoms with E-state index in [0.717, 1.165) is 35.4 Å². The van der Waals surface area contributed by atoms with Crippen molar-refractivity contribution >= 4 is 17.1 Å². The summed E-state index contributed by atoms with van der Waals surface area (Å²) in [7, 11) is 5.23. The minimum Gasteiger partial charge on any atom is -0.493 e. The number of nitrogens with zero attached hydrogens (tertiary/aromatic N) is 1. The largest absolute Gasteiger partial charge is 0.493 e. The number of rotatable bonds is 2. The van der Waals surface area contributed by atoms with E-state index in [0.29, 0.717) is 34.1 Å². The molecule has 0 spiro atoms. The van der Waals surface area contributed by atoms with Gasteiger partial charge in [0, 0.05) is 19.2 Å². The van der Waals surface area contributed by atoms with Crippen molar-refractivity contribution < 1.29 is 23.7 Å². The molecule has 138 valence electrons. The summed E-state index contributed by atoms with van der Waals surface area (Å²) in [6.07, 6.45) is 0.800. The van der Waals surface area contributed by atoms with Crippen molar-refractivity contribution in [2.24, 2.45) is 0 Å². The molecule has 3 aliphatic rings. The Morgan fingerprint density at radius 2 is 1.81 bits per heavy atom. The summed E-state index contributed by atoms with van der Waals surface area (Å²) >= 11 is 0. The van der Waals surface area contributed by atoms with E-state index in [4.69, 9.17) is 18.9 Å². The highest BCUT2D eigenvalue weighted by Gasteiger charge is 2.40. The Hall–Kier alpha value is -3.15. The highest BCUT2D eigenvalue weighted by Crippen LogP contribution is 2.51. The van der Waals surface area contributed by atoms with Crippen molar-refractivity contribution in [2.45, 2.75) is 6.42 Å². The van der Waals surface area contributed by atoms with Crippen LogP contribution in [0.4, 0.5) is 0 Å². The van der Waals surface area contributed by atoms with E-state index in [2.05, 4.69) is 4.90 Å². The first kappa shape index (κ1) is 16.1. The predicted molar refractivity (Wildman–Crippen MR) is 99.6 cm³/mol. The van der Waals surface area contributed by atoms with Gasteiger partial charge in [0.2, 0.25) is 6.79 Å². The molecule has 0 fully saturated rings. The maximum atomic E-state index is 13.4. The lowest BCUT2D eigenvalue weighted by molar-refractivity contribution is 0.105. The highest BCUT2D eigenvalue weighted by molar-refractivity contribution is 6.40. The first-order valence-corrected chi connectivity index (χ1v) is 8.82. The zero-order chi connectivity index (χ0) is 18.7. The van der Waals surface area contributed by atoms with Gasteiger partial charge in [-0.15, -0.1) is 0 Å². The lowest BCUT2D eigenvalue weighted by atomic mass is 9.95. The summed E-state index contributed by atoms with van der Waals surface area (Å²) in [6.45, 7) is 0.951. The highest BCUT2D eigenvalue weighted by atomic mass is 16.7. The van der Waals surface area contributed by atoms with Crippen LogP contribution < -0.4 is 18.9 Å². The van der Waals surface area contributed by atoms with E-state index >= 15 is 0 Å². The zero-order valence-electron chi connectivity index (χ0n) is 15.4. The van der Waals surface area contributed by atoms with Crippen molar-refractivity contribution in [2.75, 3.05) is 34.6 Å². The summed E-state index contributed by atoms with van der Waals surface area (Å²) in [5.74, 6) is 2.62. The van der Waals surface area contributed by atoms with E-state index in [1.54, 1.807) is 20.3 Å². The number of ketones is 1. The monoisotopic (exact) mass is 365 g/mol. The van der Waals surface area contributed by atoms with Crippen molar-refractivity contribution in [1.29, 1.82) is 0 Å². The molecule has 0 aromatic heterocycles. The molecular weight excluding hydrogens is 346 g/mol. The van der Waals surface area contributed by atoms with Crippen molar-refractivity contribution in [3.63, 3.8) is 0 Å². The van der Waals surface area contributed by atoms with Gasteiger partial charge in [-0.3, -0.25) is 4.79 Å². The van der Waals surface area contributed by atoms with Crippen LogP contribution in [0.2, 0.25) is 0 Å². The molecule has 2 aromatic rings. The maximum Gasteiger partial charge on any atom is 0.231 e. The summed E-state index contributed by atoms with van der Waals surface area (Å²) < 4.78 is 22.2. The lowest BCUT2D eigenvalue weighted by Crippen LogP contribution is -2.18. The molecule has 6 heteroatoms. The molecule has 2 heterocycles. The topological polar surface area (TPSA) is 57.2 Å². The van der Waals surface area contributed by atoms with Gasteiger partial charge in [0.25, 0.3) is 0 Å². The molecule has 5 rings (SSSR count). The Morgan fingerprint density at radius 1 is 1.04 bits per heavy atom. The van der Waals surface area contributed by atoms with E-state index < -0.39 is 0 Å². The Morgan fingerprint density at radius 3 is 2.59 bits per heavy atom. The predicted octanol–water partition coefficient (Wildman–Crippen LogP) is 2.99. The number of hydrogen-bond donors (Lipinski definition) is 0. The molecule has 2 aliphatic heterocycles. The zero-order valence-corrected chi connectivity index (χ0v) is 15.4. The average molecular weight is 365 g/mol. The average Bonchev–Trinajstić information content (AvgIpc) is 3.24. The van der Waals surface area contributed by atoms with Gasteiger partial charge in [0.05, 0.1) is 31.1 Å². The van der Waals surface area contributed by atoms with Crippen LogP contribution >= 0.6 is 0 Å². The number of likely N-dealkylation sites (N-methyl/N-ethyl adjacent to an activating group) is 1. The molecule has 27 heavy (non-hydrogen) atoms. The van der Waals surface area contributed by atoms with E-state index in [1.807, 2.05) is 25.2 Å². The molecule has 0 amide bonds. The van der Waals surface area contributed by atoms with Gasteiger partial charge in [-0.05, 0) is 41.8 Å². The number of allylic oxidation sites excluding steroid dienone is 1. The molecular formula is C21H19NO5. The van der Waals surface area contributed by atoms with Crippen molar-refractivity contribution in [1.82, 2.24) is 4.90 Å². The normalized spacial score (nSPS) is 16.7. The van der Waals surface area contributed by atoms with Crippen molar-refractivity contribution in [3.8, 4) is 23.0 Å². The second-order valence-electron chi connectivity index (χ2n) is 6.81. The third-order valence-electron chi connectivity index (χ3n) is 5.46. The van der Waals surface area contributed by atoms with Crippen LogP contribution in [0.5, 0.6) is 23.0 Å². The standard InChI is InChI=1S/C21H19NO5/c1-22-7-6-11-8-15(24-2)16(25-3)9-13(11)17-19(22)18-12(20(17)23)4-5-14-21(18)27-10-26-14/h4-5,8-9H,6-7,10H2,1-3H3.